The van der Waals surface area contributed by atoms with Gasteiger partial charge in [0, 0.05) is 5.92 Å². The van der Waals surface area contributed by atoms with Crippen molar-refractivity contribution in [3.05, 3.63) is 18.2 Å². The first-order valence-corrected chi connectivity index (χ1v) is 4.22. The van der Waals surface area contributed by atoms with Crippen molar-refractivity contribution < 1.29 is 0 Å². The Hall–Kier alpha value is -0.390. The summed E-state index contributed by atoms with van der Waals surface area (Å²) in [5, 5.41) is 2.82. The van der Waals surface area contributed by atoms with Crippen molar-refractivity contribution >= 4 is 17.2 Å². The maximum atomic E-state index is 4.83. The molecule has 0 N–H and O–H groups in total. The highest BCUT2D eigenvalue weighted by molar-refractivity contribution is 7.78. The fraction of sp³-hybridized carbons (Fsp3) is 0.600. The molecule has 0 bridgehead atoms. The van der Waals surface area contributed by atoms with Crippen LogP contribution in [0.3, 0.4) is 0 Å². The van der Waals surface area contributed by atoms with Crippen LogP contribution < -0.4 is 0 Å². The van der Waals surface area contributed by atoms with E-state index in [-0.39, 0.29) is 5.41 Å². The van der Waals surface area contributed by atoms with Crippen LogP contribution in [0.2, 0.25) is 0 Å². The molecule has 1 unspecified atom stereocenters. The Bertz CT molecular complexity index is 189. The van der Waals surface area contributed by atoms with Crippen LogP contribution in [0.4, 0.5) is 0 Å². The van der Waals surface area contributed by atoms with E-state index in [4.69, 9.17) is 12.2 Å². The lowest BCUT2D eigenvalue weighted by atomic mass is 9.80. The largest absolute Gasteiger partial charge is 0.102 e. The minimum atomic E-state index is 0.120. The highest BCUT2D eigenvalue weighted by Crippen LogP contribution is 2.29. The average molecular weight is 168 g/mol. The van der Waals surface area contributed by atoms with Crippen molar-refractivity contribution in [1.29, 1.82) is 0 Å². The molecule has 11 heavy (non-hydrogen) atoms. The Kier molecular flexibility index (Phi) is 3.71. The van der Waals surface area contributed by atoms with Crippen LogP contribution in [0.15, 0.2) is 18.2 Å². The lowest BCUT2D eigenvalue weighted by Crippen LogP contribution is -2.15. The first-order valence-electron chi connectivity index (χ1n) is 3.81. The Morgan fingerprint density at radius 2 is 2.00 bits per heavy atom. The average Bonchev–Trinajstić information content (AvgIpc) is 1.86. The van der Waals surface area contributed by atoms with Gasteiger partial charge in [-0.25, -0.2) is 0 Å². The Morgan fingerprint density at radius 3 is 2.09 bits per heavy atom. The van der Waals surface area contributed by atoms with Gasteiger partial charge in [0.05, 0.1) is 0 Å². The zero-order chi connectivity index (χ0) is 9.07. The van der Waals surface area contributed by atoms with Gasteiger partial charge in [-0.1, -0.05) is 33.8 Å². The van der Waals surface area contributed by atoms with Crippen molar-refractivity contribution in [3.8, 4) is 0 Å². The van der Waals surface area contributed by atoms with Crippen molar-refractivity contribution in [2.45, 2.75) is 27.7 Å². The quantitative estimate of drug-likeness (QED) is 0.450. The third-order valence-corrected chi connectivity index (χ3v) is 1.95. The standard InChI is InChI=1S/C10H16S/c1-6-8(2)9(7-11)10(3,4)5/h6,8H,1H2,2-5H3. The molecular formula is C10H16S. The van der Waals surface area contributed by atoms with E-state index in [2.05, 4.69) is 39.3 Å². The normalized spacial score (nSPS) is 13.5. The van der Waals surface area contributed by atoms with E-state index in [1.165, 1.54) is 0 Å². The predicted molar refractivity (Wildman–Crippen MR) is 54.9 cm³/mol. The minimum absolute atomic E-state index is 0.120. The summed E-state index contributed by atoms with van der Waals surface area (Å²) in [6.45, 7) is 12.2. The molecule has 0 aliphatic carbocycles. The number of thiocarbonyl (C=S) groups is 1. The van der Waals surface area contributed by atoms with Crippen LogP contribution in [0.25, 0.3) is 0 Å². The summed E-state index contributed by atoms with van der Waals surface area (Å²) < 4.78 is 0. The molecule has 62 valence electrons. The Labute approximate surface area is 75.0 Å². The predicted octanol–water partition coefficient (Wildman–Crippen LogP) is 3.38. The van der Waals surface area contributed by atoms with Crippen LogP contribution in [0.5, 0.6) is 0 Å². The Morgan fingerprint density at radius 1 is 1.55 bits per heavy atom. The van der Waals surface area contributed by atoms with E-state index in [0.717, 1.165) is 5.57 Å². The van der Waals surface area contributed by atoms with Gasteiger partial charge < -0.3 is 0 Å². The van der Waals surface area contributed by atoms with E-state index in [1.807, 2.05) is 6.08 Å². The van der Waals surface area contributed by atoms with Crippen LogP contribution in [-0.2, 0) is 0 Å². The molecule has 0 amide bonds. The summed E-state index contributed by atoms with van der Waals surface area (Å²) in [5.74, 6) is 0.340. The number of hydrogen-bond donors (Lipinski definition) is 0. The second-order valence-electron chi connectivity index (χ2n) is 3.79. The molecule has 0 spiro atoms. The third kappa shape index (κ3) is 3.00. The molecule has 0 saturated carbocycles. The molecule has 0 fully saturated rings. The molecule has 0 heterocycles. The van der Waals surface area contributed by atoms with Gasteiger partial charge >= 0.3 is 0 Å². The van der Waals surface area contributed by atoms with Crippen molar-refractivity contribution in [1.82, 2.24) is 0 Å². The van der Waals surface area contributed by atoms with Gasteiger partial charge in [0.1, 0.15) is 0 Å². The molecule has 1 heteroatoms. The summed E-state index contributed by atoms with van der Waals surface area (Å²) in [7, 11) is 0. The van der Waals surface area contributed by atoms with Crippen LogP contribution in [0.1, 0.15) is 27.7 Å². The van der Waals surface area contributed by atoms with Crippen LogP contribution in [-0.4, -0.2) is 5.02 Å². The van der Waals surface area contributed by atoms with Crippen molar-refractivity contribution in [3.63, 3.8) is 0 Å². The van der Waals surface area contributed by atoms with Crippen LogP contribution in [0, 0.1) is 11.3 Å². The zero-order valence-electron chi connectivity index (χ0n) is 7.77. The van der Waals surface area contributed by atoms with Crippen molar-refractivity contribution in [2.75, 3.05) is 0 Å². The molecule has 0 rings (SSSR count). The van der Waals surface area contributed by atoms with E-state index in [0.29, 0.717) is 5.92 Å². The monoisotopic (exact) mass is 168 g/mol. The highest BCUT2D eigenvalue weighted by atomic mass is 32.1. The second kappa shape index (κ2) is 3.85. The molecule has 0 aliphatic heterocycles. The molecule has 0 aliphatic rings. The summed E-state index contributed by atoms with van der Waals surface area (Å²) in [6.07, 6.45) is 1.90. The van der Waals surface area contributed by atoms with E-state index in [1.54, 1.807) is 0 Å². The zero-order valence-corrected chi connectivity index (χ0v) is 8.59. The van der Waals surface area contributed by atoms with Gasteiger partial charge in [0.15, 0.2) is 0 Å². The van der Waals surface area contributed by atoms with Gasteiger partial charge in [-0.3, -0.25) is 0 Å². The fourth-order valence-corrected chi connectivity index (χ4v) is 1.54. The molecule has 0 nitrogen and oxygen atoms in total. The smallest absolute Gasteiger partial charge is 0.00356 e. The van der Waals surface area contributed by atoms with Crippen LogP contribution >= 0.6 is 12.2 Å². The van der Waals surface area contributed by atoms with Gasteiger partial charge in [-0.2, -0.15) is 0 Å². The Balaban J connectivity index is 4.71. The maximum absolute atomic E-state index is 4.83. The highest BCUT2D eigenvalue weighted by Gasteiger charge is 2.20. The topological polar surface area (TPSA) is 0 Å². The maximum Gasteiger partial charge on any atom is 0.00356 e. The van der Waals surface area contributed by atoms with Gasteiger partial charge in [0.25, 0.3) is 0 Å². The van der Waals surface area contributed by atoms with Crippen molar-refractivity contribution in [2.24, 2.45) is 11.3 Å². The molecule has 0 aromatic heterocycles. The van der Waals surface area contributed by atoms with E-state index >= 15 is 0 Å². The second-order valence-corrected chi connectivity index (χ2v) is 3.99. The van der Waals surface area contributed by atoms with Gasteiger partial charge in [-0.15, -0.1) is 6.58 Å². The summed E-state index contributed by atoms with van der Waals surface area (Å²) in [6, 6.07) is 0. The van der Waals surface area contributed by atoms with E-state index < -0.39 is 0 Å². The van der Waals surface area contributed by atoms with E-state index in [9.17, 15) is 0 Å². The molecule has 0 aromatic carbocycles. The lowest BCUT2D eigenvalue weighted by molar-refractivity contribution is 0.470. The first kappa shape index (κ1) is 10.6. The molecule has 0 aromatic rings. The molecule has 0 saturated heterocycles. The van der Waals surface area contributed by atoms with Gasteiger partial charge in [-0.05, 0) is 28.2 Å². The van der Waals surface area contributed by atoms with Gasteiger partial charge in [0.2, 0.25) is 0 Å². The summed E-state index contributed by atoms with van der Waals surface area (Å²) in [4.78, 5) is 0. The molecular weight excluding hydrogens is 152 g/mol. The number of hydrogen-bond acceptors (Lipinski definition) is 1. The summed E-state index contributed by atoms with van der Waals surface area (Å²) >= 11 is 4.83. The lowest BCUT2D eigenvalue weighted by Gasteiger charge is -2.23. The third-order valence-electron chi connectivity index (χ3n) is 1.73. The first-order chi connectivity index (χ1) is 4.93. The SMILES string of the molecule is C=CC(C)C(=C=S)C(C)(C)C. The fourth-order valence-electron chi connectivity index (χ4n) is 1.05. The number of rotatable bonds is 2. The molecule has 0 radical (unpaired) electrons. The summed E-state index contributed by atoms with van der Waals surface area (Å²) in [5.41, 5.74) is 1.28. The molecule has 1 atom stereocenters. The number of allylic oxidation sites excluding steroid dienone is 2. The minimum Gasteiger partial charge on any atom is -0.102 e.